The average Bonchev–Trinajstić information content (AvgIpc) is 3.50. The lowest BCUT2D eigenvalue weighted by Crippen LogP contribution is -2.26. The van der Waals surface area contributed by atoms with Crippen LogP contribution in [0.2, 0.25) is 0 Å². The molecule has 0 heterocycles. The second-order valence-electron chi connectivity index (χ2n) is 7.16. The normalized spacial score (nSPS) is 14.1. The molecule has 1 aliphatic rings. The van der Waals surface area contributed by atoms with E-state index in [1.54, 1.807) is 13.8 Å². The molecule has 28 heavy (non-hydrogen) atoms. The summed E-state index contributed by atoms with van der Waals surface area (Å²) in [6.07, 6.45) is 6.29. The number of benzene rings is 1. The molecule has 1 aromatic carbocycles. The molecule has 0 aliphatic heterocycles. The van der Waals surface area contributed by atoms with Gasteiger partial charge in [0.2, 0.25) is 5.91 Å². The summed E-state index contributed by atoms with van der Waals surface area (Å²) in [4.78, 5) is 24.3. The highest BCUT2D eigenvalue weighted by Crippen LogP contribution is 2.46. The molecule has 0 radical (unpaired) electrons. The molecule has 0 atom stereocenters. The summed E-state index contributed by atoms with van der Waals surface area (Å²) >= 11 is 0. The van der Waals surface area contributed by atoms with Gasteiger partial charge in [0.25, 0.3) is 0 Å². The molecule has 6 nitrogen and oxygen atoms in total. The van der Waals surface area contributed by atoms with E-state index >= 15 is 0 Å². The monoisotopic (exact) mass is 409 g/mol. The molecule has 0 spiro atoms. The summed E-state index contributed by atoms with van der Waals surface area (Å²) in [5.74, 6) is 0.533. The smallest absolute Gasteiger partial charge is 0.344 e. The summed E-state index contributed by atoms with van der Waals surface area (Å²) in [6.45, 7) is 3.90. The van der Waals surface area contributed by atoms with Crippen LogP contribution in [0.1, 0.15) is 68.3 Å². The first-order valence-corrected chi connectivity index (χ1v) is 12.0. The Bertz CT molecular complexity index is 675. The Morgan fingerprint density at radius 2 is 1.71 bits per heavy atom. The van der Waals surface area contributed by atoms with Crippen LogP contribution in [0.25, 0.3) is 0 Å². The van der Waals surface area contributed by atoms with Crippen molar-refractivity contribution in [1.29, 1.82) is 0 Å². The molecule has 7 heteroatoms. The van der Waals surface area contributed by atoms with Gasteiger partial charge in [-0.05, 0) is 38.2 Å². The molecule has 0 bridgehead atoms. The topological polar surface area (TPSA) is 81.7 Å². The third-order valence-corrected chi connectivity index (χ3v) is 6.60. The van der Waals surface area contributed by atoms with Crippen molar-refractivity contribution in [2.75, 3.05) is 19.5 Å². The third-order valence-electron chi connectivity index (χ3n) is 4.75. The van der Waals surface area contributed by atoms with E-state index in [1.165, 1.54) is 31.2 Å². The molecular formula is C21H32NO5P. The van der Waals surface area contributed by atoms with E-state index in [-0.39, 0.29) is 44.0 Å². The fraction of sp³-hybridized carbons (Fsp3) is 0.619. The van der Waals surface area contributed by atoms with E-state index in [0.29, 0.717) is 5.56 Å². The first kappa shape index (κ1) is 22.8. The van der Waals surface area contributed by atoms with Crippen LogP contribution in [-0.4, -0.2) is 31.2 Å². The van der Waals surface area contributed by atoms with Crippen molar-refractivity contribution in [2.24, 2.45) is 5.92 Å². The summed E-state index contributed by atoms with van der Waals surface area (Å²) in [7, 11) is -3.31. The third kappa shape index (κ3) is 8.26. The molecule has 0 unspecified atom stereocenters. The average molecular weight is 409 g/mol. The van der Waals surface area contributed by atoms with Gasteiger partial charge in [-0.2, -0.15) is 0 Å². The number of hydrogen-bond acceptors (Lipinski definition) is 5. The first-order valence-electron chi connectivity index (χ1n) is 10.2. The number of rotatable bonds is 14. The minimum atomic E-state index is -3.31. The maximum Gasteiger partial charge on any atom is 0.349 e. The second kappa shape index (κ2) is 11.5. The number of nitrogens with one attached hydrogen (secondary N) is 1. The van der Waals surface area contributed by atoms with Gasteiger partial charge in [0.1, 0.15) is 6.29 Å². The molecule has 156 valence electrons. The van der Waals surface area contributed by atoms with Crippen LogP contribution in [0.5, 0.6) is 0 Å². The van der Waals surface area contributed by atoms with E-state index in [2.05, 4.69) is 5.32 Å². The molecule has 2 rings (SSSR count). The molecule has 1 amide bonds. The second-order valence-corrected chi connectivity index (χ2v) is 9.21. The lowest BCUT2D eigenvalue weighted by Gasteiger charge is -2.17. The van der Waals surface area contributed by atoms with E-state index in [0.717, 1.165) is 12.3 Å². The summed E-state index contributed by atoms with van der Waals surface area (Å²) in [5, 5.41) is 2.54. The Hall–Kier alpha value is -1.49. The number of ketones is 1. The molecule has 1 aliphatic carbocycles. The number of carbonyl (C=O) groups is 2. The van der Waals surface area contributed by atoms with Gasteiger partial charge >= 0.3 is 7.60 Å². The first-order chi connectivity index (χ1) is 13.5. The number of Topliss-reactive ketones (excluding diaryl/α,β-unsaturated/α-hetero) is 1. The molecule has 1 N–H and O–H groups in total. The number of hydrogen-bond donors (Lipinski definition) is 1. The van der Waals surface area contributed by atoms with Crippen LogP contribution in [0.15, 0.2) is 24.3 Å². The Labute approximate surface area is 167 Å². The molecule has 1 saturated carbocycles. The molecule has 1 fully saturated rings. The minimum Gasteiger partial charge on any atom is -0.344 e. The summed E-state index contributed by atoms with van der Waals surface area (Å²) in [6, 6.07) is 7.68. The summed E-state index contributed by atoms with van der Waals surface area (Å²) in [5.41, 5.74) is 1.87. The van der Waals surface area contributed by atoms with Crippen molar-refractivity contribution in [3.8, 4) is 0 Å². The van der Waals surface area contributed by atoms with Crippen molar-refractivity contribution < 1.29 is 23.2 Å². The number of amides is 1. The van der Waals surface area contributed by atoms with Crippen molar-refractivity contribution >= 4 is 19.3 Å². The maximum atomic E-state index is 12.3. The van der Waals surface area contributed by atoms with Gasteiger partial charge in [-0.15, -0.1) is 0 Å². The quantitative estimate of drug-likeness (QED) is 0.355. The Balaban J connectivity index is 1.71. The van der Waals surface area contributed by atoms with Crippen molar-refractivity contribution in [2.45, 2.75) is 58.8 Å². The van der Waals surface area contributed by atoms with Gasteiger partial charge in [0.05, 0.1) is 13.2 Å². The number of carbonyl (C=O) groups excluding carboxylic acids is 2. The largest absolute Gasteiger partial charge is 0.349 e. The van der Waals surface area contributed by atoms with Gasteiger partial charge < -0.3 is 14.4 Å². The predicted molar refractivity (Wildman–Crippen MR) is 110 cm³/mol. The van der Waals surface area contributed by atoms with Gasteiger partial charge in [-0.3, -0.25) is 14.2 Å². The van der Waals surface area contributed by atoms with Gasteiger partial charge in [-0.25, -0.2) is 0 Å². The molecule has 0 aromatic heterocycles. The standard InChI is InChI=1S/C21H32NO5P/c1-3-26-28(25,27-4-2)16-22-21(24)15-14-20(23)19-12-10-18(11-13-19)7-5-6-17-8-9-17/h10-13,17H,3-9,14-16H2,1-2H3,(H,22,24). The van der Waals surface area contributed by atoms with E-state index < -0.39 is 7.60 Å². The molecule has 0 saturated heterocycles. The van der Waals surface area contributed by atoms with E-state index in [1.807, 2.05) is 24.3 Å². The van der Waals surface area contributed by atoms with Gasteiger partial charge in [0.15, 0.2) is 5.78 Å². The van der Waals surface area contributed by atoms with E-state index in [4.69, 9.17) is 9.05 Å². The number of aryl methyl sites for hydroxylation is 1. The molecule has 1 aromatic rings. The fourth-order valence-electron chi connectivity index (χ4n) is 3.03. The highest BCUT2D eigenvalue weighted by molar-refractivity contribution is 7.53. The lowest BCUT2D eigenvalue weighted by molar-refractivity contribution is -0.120. The van der Waals surface area contributed by atoms with Crippen LogP contribution < -0.4 is 5.32 Å². The van der Waals surface area contributed by atoms with E-state index in [9.17, 15) is 14.2 Å². The zero-order chi connectivity index (χ0) is 20.4. The Morgan fingerprint density at radius 1 is 1.07 bits per heavy atom. The highest BCUT2D eigenvalue weighted by atomic mass is 31.2. The Kier molecular flexibility index (Phi) is 9.36. The van der Waals surface area contributed by atoms with Crippen LogP contribution >= 0.6 is 7.60 Å². The lowest BCUT2D eigenvalue weighted by atomic mass is 10.0. The highest BCUT2D eigenvalue weighted by Gasteiger charge is 2.24. The fourth-order valence-corrected chi connectivity index (χ4v) is 4.44. The minimum absolute atomic E-state index is 0.0419. The SMILES string of the molecule is CCOP(=O)(CNC(=O)CCC(=O)c1ccc(CCCC2CC2)cc1)OCC. The predicted octanol–water partition coefficient (Wildman–Crippen LogP) is 4.72. The molecular weight excluding hydrogens is 377 g/mol. The van der Waals surface area contributed by atoms with Crippen LogP contribution in [0.4, 0.5) is 0 Å². The zero-order valence-electron chi connectivity index (χ0n) is 16.9. The maximum absolute atomic E-state index is 12.3. The zero-order valence-corrected chi connectivity index (χ0v) is 17.8. The van der Waals surface area contributed by atoms with Gasteiger partial charge in [-0.1, -0.05) is 43.5 Å². The Morgan fingerprint density at radius 3 is 2.29 bits per heavy atom. The van der Waals surface area contributed by atoms with Crippen LogP contribution in [-0.2, 0) is 24.8 Å². The van der Waals surface area contributed by atoms with Crippen molar-refractivity contribution in [3.63, 3.8) is 0 Å². The van der Waals surface area contributed by atoms with Crippen LogP contribution in [0.3, 0.4) is 0 Å². The van der Waals surface area contributed by atoms with Crippen molar-refractivity contribution in [1.82, 2.24) is 5.32 Å². The summed E-state index contributed by atoms with van der Waals surface area (Å²) < 4.78 is 22.5. The van der Waals surface area contributed by atoms with Crippen LogP contribution in [0, 0.1) is 5.92 Å². The van der Waals surface area contributed by atoms with Crippen molar-refractivity contribution in [3.05, 3.63) is 35.4 Å². The van der Waals surface area contributed by atoms with Gasteiger partial charge in [0, 0.05) is 18.4 Å².